The molecule has 12 rings (SSSR count). The van der Waals surface area contributed by atoms with Gasteiger partial charge in [0.25, 0.3) is 11.8 Å². The number of fused-ring (bicyclic) bond motifs is 2. The lowest BCUT2D eigenvalue weighted by Crippen LogP contribution is -2.67. The van der Waals surface area contributed by atoms with Crippen molar-refractivity contribution in [3.63, 3.8) is 0 Å². The number of carboxylic acids is 2. The number of hydrogen-bond acceptors (Lipinski definition) is 31. The summed E-state index contributed by atoms with van der Waals surface area (Å²) in [5.74, 6) is -11.9. The number of β-lactam (4-membered cyclic amide) rings is 2. The molecule has 44 heteroatoms. The maximum absolute atomic E-state index is 13.6. The Labute approximate surface area is 741 Å². The number of aliphatic carboxylic acids is 2. The van der Waals surface area contributed by atoms with E-state index >= 15 is 0 Å². The van der Waals surface area contributed by atoms with Crippen LogP contribution in [0, 0.1) is 11.8 Å². The zero-order valence-electron chi connectivity index (χ0n) is 67.5. The molecular formula is C80H86B2Cl3N11O24S4. The minimum Gasteiger partial charge on any atom is -0.543 e. The third-order valence-electron chi connectivity index (χ3n) is 20.2. The van der Waals surface area contributed by atoms with Gasteiger partial charge >= 0.3 is 40.0 Å². The molecule has 8 heterocycles. The topological polar surface area (TPSA) is 481 Å². The molecule has 4 radical (unpaired) electrons. The average molecular weight is 1840 g/mol. The molecule has 4 aromatic carbocycles. The number of amides is 4. The maximum Gasteiger partial charge on any atom is 0.378 e. The van der Waals surface area contributed by atoms with Gasteiger partial charge in [-0.15, -0.1) is 22.9 Å². The van der Waals surface area contributed by atoms with Gasteiger partial charge in [-0.2, -0.15) is 0 Å². The average Bonchev–Trinajstić information content (AvgIpc) is 0.826. The Morgan fingerprint density at radius 3 is 1.73 bits per heavy atom. The second-order valence-corrected chi connectivity index (χ2v) is 36.8. The molecule has 4 saturated heterocycles. The fourth-order valence-electron chi connectivity index (χ4n) is 14.1. The summed E-state index contributed by atoms with van der Waals surface area (Å²) < 4.78 is 52.6. The molecule has 2 aromatic heterocycles. The smallest absolute Gasteiger partial charge is 0.378 e. The third-order valence-corrected chi connectivity index (χ3v) is 26.2. The van der Waals surface area contributed by atoms with Crippen LogP contribution in [-0.4, -0.2) is 250 Å². The van der Waals surface area contributed by atoms with Crippen molar-refractivity contribution in [1.29, 1.82) is 0 Å². The van der Waals surface area contributed by atoms with Gasteiger partial charge in [-0.05, 0) is 114 Å². The van der Waals surface area contributed by atoms with Crippen molar-refractivity contribution in [2.75, 3.05) is 82.0 Å². The summed E-state index contributed by atoms with van der Waals surface area (Å²) in [5, 5.41) is 52.0. The number of carbonyl (C=O) groups excluding carboxylic acids is 10. The van der Waals surface area contributed by atoms with Crippen molar-refractivity contribution in [2.45, 2.75) is 121 Å². The number of nitrogens with zero attached hydrogens (tertiary/aromatic N) is 8. The highest BCUT2D eigenvalue weighted by atomic mass is 35.5. The molecule has 0 bridgehead atoms. The maximum atomic E-state index is 13.6. The van der Waals surface area contributed by atoms with Gasteiger partial charge < -0.3 is 84.2 Å². The number of benzene rings is 4. The molecular weight excluding hydrogens is 1760 g/mol. The predicted molar refractivity (Wildman–Crippen MR) is 454 cm³/mol. The number of carbonyl (C=O) groups is 11. The molecule has 124 heavy (non-hydrogen) atoms. The summed E-state index contributed by atoms with van der Waals surface area (Å²) in [4.78, 5) is 161. The third kappa shape index (κ3) is 24.3. The number of aromatic hydroxyl groups is 2. The van der Waals surface area contributed by atoms with Crippen LogP contribution in [0.15, 0.2) is 130 Å². The predicted octanol–water partition coefficient (Wildman–Crippen LogP) is 5.25. The molecule has 0 aliphatic carbocycles. The molecule has 4 fully saturated rings. The number of oxime groups is 2. The normalized spacial score (nSPS) is 19.6. The lowest BCUT2D eigenvalue weighted by Gasteiger charge is -2.51. The van der Waals surface area contributed by atoms with Crippen LogP contribution in [0.2, 0.25) is 8.67 Å². The fourth-order valence-corrected chi connectivity index (χ4v) is 20.1. The Morgan fingerprint density at radius 2 is 1.21 bits per heavy atom. The van der Waals surface area contributed by atoms with E-state index in [9.17, 15) is 76.5 Å². The van der Waals surface area contributed by atoms with E-state index in [1.165, 1.54) is 38.8 Å². The van der Waals surface area contributed by atoms with Gasteiger partial charge in [0.15, 0.2) is 51.1 Å². The number of likely N-dealkylation sites (tertiary alicyclic amines) is 2. The first-order valence-electron chi connectivity index (χ1n) is 38.7. The Bertz CT molecular complexity index is 5220. The van der Waals surface area contributed by atoms with Gasteiger partial charge in [0.05, 0.1) is 67.6 Å². The minimum absolute atomic E-state index is 0.0224. The molecule has 6 aromatic rings. The lowest BCUT2D eigenvalue weighted by atomic mass is 9.89. The number of Topliss-reactive ketones (excluding diaryl/α,β-unsaturated/α-hetero) is 2. The second kappa shape index (κ2) is 43.3. The Hall–Kier alpha value is -10.7. The molecule has 0 spiro atoms. The van der Waals surface area contributed by atoms with E-state index < -0.39 is 157 Å². The van der Waals surface area contributed by atoms with Crippen LogP contribution in [0.5, 0.6) is 23.0 Å². The number of phenols is 2. The number of anilines is 1. The van der Waals surface area contributed by atoms with Crippen LogP contribution in [0.4, 0.5) is 5.13 Å². The van der Waals surface area contributed by atoms with Crippen LogP contribution in [0.3, 0.4) is 0 Å². The number of rotatable bonds is 35. The number of nitrogens with one attached hydrogen (secondary N) is 2. The zero-order chi connectivity index (χ0) is 90.0. The largest absolute Gasteiger partial charge is 0.543 e. The van der Waals surface area contributed by atoms with Crippen LogP contribution < -0.4 is 30.9 Å². The Morgan fingerprint density at radius 1 is 0.685 bits per heavy atom. The monoisotopic (exact) mass is 1840 g/mol. The number of halogens is 3. The molecule has 4 amide bonds. The van der Waals surface area contributed by atoms with Crippen molar-refractivity contribution in [3.8, 4) is 23.0 Å². The second-order valence-electron chi connectivity index (χ2n) is 30.1. The number of carboxylic acid groups (broad SMARTS) is 2. The Kier molecular flexibility index (Phi) is 33.4. The number of quaternary nitrogens is 1. The quantitative estimate of drug-likeness (QED) is 0.00432. The number of aromatic nitrogens is 2. The van der Waals surface area contributed by atoms with Crippen molar-refractivity contribution in [2.24, 2.45) is 22.1 Å². The van der Waals surface area contributed by atoms with E-state index in [-0.39, 0.29) is 101 Å². The van der Waals surface area contributed by atoms with Gasteiger partial charge in [-0.1, -0.05) is 106 Å². The van der Waals surface area contributed by atoms with E-state index in [1.807, 2.05) is 66.7 Å². The number of hydrogen-bond donors (Lipinski definition) is 6. The number of nitrogen functional groups attached to an aromatic ring is 1. The molecule has 6 aliphatic rings. The summed E-state index contributed by atoms with van der Waals surface area (Å²) in [6.45, 7) is 14.1. The van der Waals surface area contributed by atoms with Crippen LogP contribution in [0.1, 0.15) is 121 Å². The van der Waals surface area contributed by atoms with Gasteiger partial charge in [-0.3, -0.25) is 51.8 Å². The minimum atomic E-state index is -1.83. The molecule has 0 saturated carbocycles. The van der Waals surface area contributed by atoms with Crippen molar-refractivity contribution in [3.05, 3.63) is 167 Å². The van der Waals surface area contributed by atoms with E-state index in [2.05, 4.69) is 45.1 Å². The SMILES string of the molecule is C[C@H](O/N=C(/C(=O)C[C@@H]1C(=O)N2C(C(=O)[O-])=C(C[N+]3(CCNC(=O)c4ccc(O)c(O)c4)CCCC3)CS(=O)[C@H]12)c1nc(N)sc1Cl)C(=O)O.O=C(NCCN1CCCC1)c1ccc(OCc2ccccc2)c(OCc2ccccc2)c1.[B]OC(=O)C1=C(CCl)CS(=O)[C@@H]2[C@H](CC(=O)/C(=N/O[C@@H](C)C(=O)O[B])c3nc(CC(=O)OC(C)(C)C)sc3Cl)C(=O)N12. The summed E-state index contributed by atoms with van der Waals surface area (Å²) in [6, 6.07) is 29.0. The van der Waals surface area contributed by atoms with Crippen molar-refractivity contribution < 1.29 is 119 Å². The molecule has 8 atom stereocenters. The highest BCUT2D eigenvalue weighted by molar-refractivity contribution is 7.86. The summed E-state index contributed by atoms with van der Waals surface area (Å²) >= 11 is 20.1. The number of thiazole rings is 2. The van der Waals surface area contributed by atoms with Gasteiger partial charge in [0.1, 0.15) is 66.9 Å². The standard InChI is InChI=1S/C30H33ClN6O11S2.C27H30N2O3.C23H23B2Cl2N3O10S2/c1-14(28(43)44)48-35-21(22-24(31)49-30(32)34-22)20(40)11-17-26(42)36-23(29(45)46)16(13-50(47)27(17)36)12-37(7-2-3-8-37)9-6-33-25(41)15-4-5-18(38)19(39)10-15;30-27(28-15-18-29-16-7-8-17-29)24-13-14-25(31-20-22-9-3-1-4-10-22)26(19-24)32-21-23-11-5-2-6-12-23;1-9(21(34)38-24)40-29-15(16-18(27)41-13(28-16)6-14(32)37-23(2,3)4)12(31)5-11-19(33)30-17(22(35)39-25)10(7-26)8-42(36)20(11)30/h4-5,10,14,17,27H,2-3,6-9,11-13H2,1H3,(H6-,32,33,34,35,38,39,40,41,43,44,45,46);1-6,9-14,19H,7-8,15-18,20-21H2,(H,28,30);9,11,20H,5-8H2,1-4H3/b;;29-15-/t14-,17+,27+,50?;;9-,11+,20+,42?/m0.0/s1. The van der Waals surface area contributed by atoms with Crippen molar-refractivity contribution in [1.82, 2.24) is 35.3 Å². The number of esters is 1. The number of alkyl halides is 1. The zero-order valence-corrected chi connectivity index (χ0v) is 73.1. The van der Waals surface area contributed by atoms with Crippen LogP contribution in [0.25, 0.3) is 0 Å². The van der Waals surface area contributed by atoms with Gasteiger partial charge in [-0.25, -0.2) is 24.4 Å². The summed E-state index contributed by atoms with van der Waals surface area (Å²) in [7, 11) is 6.31. The molecule has 2 unspecified atom stereocenters. The molecule has 35 nitrogen and oxygen atoms in total. The highest BCUT2D eigenvalue weighted by Crippen LogP contribution is 2.44. The van der Waals surface area contributed by atoms with Gasteiger partial charge in [0, 0.05) is 83.0 Å². The van der Waals surface area contributed by atoms with E-state index in [1.54, 1.807) is 32.9 Å². The van der Waals surface area contributed by atoms with Crippen LogP contribution >= 0.6 is 57.5 Å². The highest BCUT2D eigenvalue weighted by Gasteiger charge is 2.59. The number of ketones is 2. The summed E-state index contributed by atoms with van der Waals surface area (Å²) in [6.07, 6.45) is -0.0866. The van der Waals surface area contributed by atoms with E-state index in [4.69, 9.17) is 85.6 Å². The summed E-state index contributed by atoms with van der Waals surface area (Å²) in [5.41, 5.74) is 6.21. The molecule has 7 N–H and O–H groups in total. The first kappa shape index (κ1) is 95.6. The fraction of sp³-hybridized carbons (Fsp3) is 0.412. The first-order chi connectivity index (χ1) is 59.0. The molecule has 656 valence electrons. The number of ether oxygens (including phenoxy) is 3. The molecule has 6 aliphatic heterocycles. The Balaban J connectivity index is 0.000000199. The number of nitrogens with two attached hydrogens (primary N) is 1. The van der Waals surface area contributed by atoms with E-state index in [0.717, 1.165) is 82.1 Å². The van der Waals surface area contributed by atoms with Crippen LogP contribution in [-0.2, 0) is 108 Å². The van der Waals surface area contributed by atoms with Crippen molar-refractivity contribution >= 4 is 177 Å². The first-order valence-corrected chi connectivity index (χ1v) is 44.3. The number of phenolic OH excluding ortho intramolecular Hbond substituents is 2. The lowest BCUT2D eigenvalue weighted by molar-refractivity contribution is -0.911. The van der Waals surface area contributed by atoms with Gasteiger partial charge in [0.2, 0.25) is 24.0 Å². The van der Waals surface area contributed by atoms with E-state index in [0.29, 0.717) is 60.9 Å².